The number of carbonyl (C=O) groups excluding carboxylic acids is 4. The summed E-state index contributed by atoms with van der Waals surface area (Å²) >= 11 is 0. The van der Waals surface area contributed by atoms with Gasteiger partial charge in [0, 0.05) is 6.42 Å². The van der Waals surface area contributed by atoms with Crippen LogP contribution in [0, 0.1) is 0 Å². The van der Waals surface area contributed by atoms with Gasteiger partial charge in [-0.1, -0.05) is 91.0 Å². The van der Waals surface area contributed by atoms with Crippen LogP contribution < -0.4 is 16.0 Å². The number of carboxylic acid groups (broad SMARTS) is 1. The molecule has 44 heavy (non-hydrogen) atoms. The van der Waals surface area contributed by atoms with Crippen molar-refractivity contribution in [3.8, 4) is 0 Å². The minimum atomic E-state index is -1.54. The predicted molar refractivity (Wildman–Crippen MR) is 159 cm³/mol. The van der Waals surface area contributed by atoms with Gasteiger partial charge in [0.25, 0.3) is 0 Å². The number of hydrogen-bond acceptors (Lipinski definition) is 7. The highest BCUT2D eigenvalue weighted by atomic mass is 16.6. The van der Waals surface area contributed by atoms with E-state index >= 15 is 0 Å². The van der Waals surface area contributed by atoms with Gasteiger partial charge in [0.05, 0.1) is 19.1 Å². The second-order valence-electron chi connectivity index (χ2n) is 10.7. The number of alkyl carbamates (subject to hydrolysis) is 1. The van der Waals surface area contributed by atoms with Crippen molar-refractivity contribution in [3.63, 3.8) is 0 Å². The van der Waals surface area contributed by atoms with E-state index in [0.29, 0.717) is 11.1 Å². The van der Waals surface area contributed by atoms with Crippen molar-refractivity contribution in [1.29, 1.82) is 0 Å². The highest BCUT2D eigenvalue weighted by molar-refractivity contribution is 5.99. The summed E-state index contributed by atoms with van der Waals surface area (Å²) in [5.74, 6) is -3.19. The molecular weight excluding hydrogens is 566 g/mol. The first-order valence-electron chi connectivity index (χ1n) is 14.2. The van der Waals surface area contributed by atoms with E-state index in [9.17, 15) is 29.1 Å². The number of aliphatic carboxylic acids is 1. The summed E-state index contributed by atoms with van der Waals surface area (Å²) < 4.78 is 10.5. The molecule has 3 aromatic carbocycles. The molecule has 4 atom stereocenters. The van der Waals surface area contributed by atoms with Crippen LogP contribution in [0.1, 0.15) is 30.0 Å². The number of ether oxygens (including phenoxy) is 2. The Kier molecular flexibility index (Phi) is 10.8. The van der Waals surface area contributed by atoms with E-state index in [-0.39, 0.29) is 31.8 Å². The Hall–Kier alpha value is -5.03. The van der Waals surface area contributed by atoms with Crippen LogP contribution >= 0.6 is 0 Å². The fourth-order valence-electron chi connectivity index (χ4n) is 4.57. The van der Waals surface area contributed by atoms with Gasteiger partial charge in [-0.25, -0.2) is 4.79 Å². The van der Waals surface area contributed by atoms with E-state index in [4.69, 9.17) is 9.47 Å². The Morgan fingerprint density at radius 2 is 1.18 bits per heavy atom. The molecule has 1 aliphatic rings. The van der Waals surface area contributed by atoms with E-state index in [1.807, 2.05) is 30.3 Å². The van der Waals surface area contributed by atoms with Crippen LogP contribution in [0.5, 0.6) is 0 Å². The molecule has 11 heteroatoms. The SMILES string of the molecule is C[C@@]1(C(=O)[C@H](Cc2ccccc2)NC(=O)[C@H](Cc2ccccc2)NC(=O)[C@H](CC(=O)O)NC(=O)OCc2ccccc2)CO1. The number of amides is 3. The Morgan fingerprint density at radius 1 is 0.727 bits per heavy atom. The summed E-state index contributed by atoms with van der Waals surface area (Å²) in [6.45, 7) is 1.80. The van der Waals surface area contributed by atoms with Crippen molar-refractivity contribution < 1.29 is 38.6 Å². The molecule has 3 aromatic rings. The highest BCUT2D eigenvalue weighted by Gasteiger charge is 2.50. The zero-order valence-electron chi connectivity index (χ0n) is 24.2. The van der Waals surface area contributed by atoms with Gasteiger partial charge in [0.1, 0.15) is 24.3 Å². The third kappa shape index (κ3) is 9.50. The average Bonchev–Trinajstić information content (AvgIpc) is 3.78. The maximum absolute atomic E-state index is 13.7. The van der Waals surface area contributed by atoms with Crippen LogP contribution in [0.4, 0.5) is 4.79 Å². The number of rotatable bonds is 15. The number of nitrogens with one attached hydrogen (secondary N) is 3. The molecule has 1 fully saturated rings. The minimum Gasteiger partial charge on any atom is -0.481 e. The fraction of sp³-hybridized carbons (Fsp3) is 0.303. The van der Waals surface area contributed by atoms with E-state index in [2.05, 4.69) is 16.0 Å². The lowest BCUT2D eigenvalue weighted by Crippen LogP contribution is -2.57. The lowest BCUT2D eigenvalue weighted by Gasteiger charge is -2.25. The number of carboxylic acids is 1. The van der Waals surface area contributed by atoms with Gasteiger partial charge in [-0.05, 0) is 30.0 Å². The molecule has 0 saturated carbocycles. The zero-order chi connectivity index (χ0) is 31.5. The van der Waals surface area contributed by atoms with Crippen LogP contribution in [-0.4, -0.2) is 65.1 Å². The first-order chi connectivity index (χ1) is 21.1. The minimum absolute atomic E-state index is 0.0384. The molecule has 0 aliphatic carbocycles. The second kappa shape index (κ2) is 14.9. The largest absolute Gasteiger partial charge is 0.481 e. The number of hydrogen-bond donors (Lipinski definition) is 4. The normalized spacial score (nSPS) is 17.3. The lowest BCUT2D eigenvalue weighted by atomic mass is 9.94. The third-order valence-corrected chi connectivity index (χ3v) is 7.13. The molecule has 0 bridgehead atoms. The molecule has 0 radical (unpaired) electrons. The maximum atomic E-state index is 13.7. The third-order valence-electron chi connectivity index (χ3n) is 7.13. The van der Waals surface area contributed by atoms with Crippen LogP contribution in [-0.2, 0) is 48.1 Å². The second-order valence-corrected chi connectivity index (χ2v) is 10.7. The van der Waals surface area contributed by atoms with Gasteiger partial charge in [-0.3, -0.25) is 19.2 Å². The molecule has 0 spiro atoms. The summed E-state index contributed by atoms with van der Waals surface area (Å²) in [4.78, 5) is 64.5. The standard InChI is InChI=1S/C33H35N3O8/c1-33(21-44-33)29(39)25(17-22-11-5-2-6-12-22)34-30(40)26(18-23-13-7-3-8-14-23)35-31(41)27(19-28(37)38)36-32(42)43-20-24-15-9-4-10-16-24/h2-16,25-27H,17-21H2,1H3,(H,34,40)(H,35,41)(H,36,42)(H,37,38)/t25-,26-,27-,33-/m0/s1. The number of benzene rings is 3. The smallest absolute Gasteiger partial charge is 0.408 e. The highest BCUT2D eigenvalue weighted by Crippen LogP contribution is 2.29. The van der Waals surface area contributed by atoms with E-state index in [1.54, 1.807) is 67.6 Å². The lowest BCUT2D eigenvalue weighted by molar-refractivity contribution is -0.140. The first kappa shape index (κ1) is 31.9. The van der Waals surface area contributed by atoms with E-state index in [1.165, 1.54) is 0 Å². The number of carbonyl (C=O) groups is 5. The monoisotopic (exact) mass is 601 g/mol. The van der Waals surface area contributed by atoms with Gasteiger partial charge in [0.15, 0.2) is 5.78 Å². The molecule has 4 rings (SSSR count). The molecule has 0 unspecified atom stereocenters. The van der Waals surface area contributed by atoms with Gasteiger partial charge in [-0.15, -0.1) is 0 Å². The van der Waals surface area contributed by atoms with Crippen molar-refractivity contribution in [2.24, 2.45) is 0 Å². The summed E-state index contributed by atoms with van der Waals surface area (Å²) in [5, 5.41) is 17.1. The topological polar surface area (TPSA) is 163 Å². The molecule has 1 saturated heterocycles. The molecule has 4 N–H and O–H groups in total. The van der Waals surface area contributed by atoms with Crippen molar-refractivity contribution in [1.82, 2.24) is 16.0 Å². The van der Waals surface area contributed by atoms with Crippen molar-refractivity contribution in [2.45, 2.75) is 56.5 Å². The number of Topliss-reactive ketones (excluding diaryl/α,β-unsaturated/α-hetero) is 1. The Morgan fingerprint density at radius 3 is 1.68 bits per heavy atom. The van der Waals surface area contributed by atoms with Gasteiger partial charge in [-0.2, -0.15) is 0 Å². The van der Waals surface area contributed by atoms with Crippen LogP contribution in [0.15, 0.2) is 91.0 Å². The first-order valence-corrected chi connectivity index (χ1v) is 14.2. The van der Waals surface area contributed by atoms with Crippen LogP contribution in [0.3, 0.4) is 0 Å². The number of epoxide rings is 1. The van der Waals surface area contributed by atoms with E-state index in [0.717, 1.165) is 5.56 Å². The maximum Gasteiger partial charge on any atom is 0.408 e. The molecule has 1 heterocycles. The Labute approximate surface area is 254 Å². The van der Waals surface area contributed by atoms with Crippen LogP contribution in [0.25, 0.3) is 0 Å². The molecule has 0 aromatic heterocycles. The molecule has 3 amide bonds. The molecule has 11 nitrogen and oxygen atoms in total. The van der Waals surface area contributed by atoms with Crippen LogP contribution in [0.2, 0.25) is 0 Å². The Bertz CT molecular complexity index is 1450. The van der Waals surface area contributed by atoms with Gasteiger partial charge < -0.3 is 30.5 Å². The summed E-state index contributed by atoms with van der Waals surface area (Å²) in [6, 6.07) is 23.2. The summed E-state index contributed by atoms with van der Waals surface area (Å²) in [6.07, 6.45) is -1.51. The predicted octanol–water partition coefficient (Wildman–Crippen LogP) is 2.57. The molecular formula is C33H35N3O8. The quantitative estimate of drug-likeness (QED) is 0.193. The fourth-order valence-corrected chi connectivity index (χ4v) is 4.57. The van der Waals surface area contributed by atoms with E-state index < -0.39 is 54.0 Å². The Balaban J connectivity index is 1.50. The van der Waals surface area contributed by atoms with Crippen molar-refractivity contribution >= 4 is 29.7 Å². The van der Waals surface area contributed by atoms with Gasteiger partial charge >= 0.3 is 12.1 Å². The summed E-state index contributed by atoms with van der Waals surface area (Å²) in [5.41, 5.74) is 1.22. The number of ketones is 1. The van der Waals surface area contributed by atoms with Crippen molar-refractivity contribution in [2.75, 3.05) is 6.61 Å². The van der Waals surface area contributed by atoms with Crippen molar-refractivity contribution in [3.05, 3.63) is 108 Å². The van der Waals surface area contributed by atoms with Gasteiger partial charge in [0.2, 0.25) is 11.8 Å². The molecule has 230 valence electrons. The zero-order valence-corrected chi connectivity index (χ0v) is 24.2. The summed E-state index contributed by atoms with van der Waals surface area (Å²) in [7, 11) is 0. The average molecular weight is 602 g/mol. The molecule has 1 aliphatic heterocycles.